The van der Waals surface area contributed by atoms with Crippen molar-refractivity contribution in [1.82, 2.24) is 15.3 Å². The molecular weight excluding hydrogens is 328 g/mol. The van der Waals surface area contributed by atoms with Gasteiger partial charge in [-0.05, 0) is 42.5 Å². The predicted octanol–water partition coefficient (Wildman–Crippen LogP) is 3.42. The van der Waals surface area contributed by atoms with Crippen molar-refractivity contribution in [3.63, 3.8) is 0 Å². The van der Waals surface area contributed by atoms with E-state index in [1.165, 1.54) is 0 Å². The highest BCUT2D eigenvalue weighted by Crippen LogP contribution is 2.16. The van der Waals surface area contributed by atoms with Crippen LogP contribution >= 0.6 is 0 Å². The number of nitrogens with one attached hydrogen (secondary N) is 2. The summed E-state index contributed by atoms with van der Waals surface area (Å²) in [4.78, 5) is 20.2. The van der Waals surface area contributed by atoms with Crippen molar-refractivity contribution in [2.45, 2.75) is 13.0 Å². The fourth-order valence-electron chi connectivity index (χ4n) is 2.31. The van der Waals surface area contributed by atoms with Gasteiger partial charge in [0.1, 0.15) is 12.4 Å². The normalized spacial score (nSPS) is 10.2. The van der Waals surface area contributed by atoms with Crippen LogP contribution in [0.2, 0.25) is 0 Å². The van der Waals surface area contributed by atoms with E-state index in [0.29, 0.717) is 25.3 Å². The second kappa shape index (κ2) is 9.17. The highest BCUT2D eigenvalue weighted by atomic mass is 16.5. The van der Waals surface area contributed by atoms with Crippen molar-refractivity contribution in [1.29, 1.82) is 0 Å². The largest absolute Gasteiger partial charge is 0.489 e. The zero-order valence-electron chi connectivity index (χ0n) is 14.3. The van der Waals surface area contributed by atoms with Gasteiger partial charge in [0.05, 0.1) is 0 Å². The number of urea groups is 1. The zero-order valence-corrected chi connectivity index (χ0v) is 14.3. The van der Waals surface area contributed by atoms with Crippen LogP contribution in [0, 0.1) is 0 Å². The van der Waals surface area contributed by atoms with Gasteiger partial charge in [0, 0.05) is 48.5 Å². The van der Waals surface area contributed by atoms with Gasteiger partial charge in [0.25, 0.3) is 0 Å². The van der Waals surface area contributed by atoms with E-state index in [2.05, 4.69) is 20.6 Å². The molecule has 0 unspecified atom stereocenters. The predicted molar refractivity (Wildman–Crippen MR) is 100.0 cm³/mol. The standard InChI is InChI=1S/C20H20N4O2/c25-20(23-13-10-17-5-1-2-12-22-17)24-18-6-8-19(9-7-18)26-15-16-4-3-11-21-14-16/h1-9,11-12,14H,10,13,15H2,(H2,23,24,25). The number of nitrogens with zero attached hydrogens (tertiary/aromatic N) is 2. The lowest BCUT2D eigenvalue weighted by molar-refractivity contribution is 0.252. The minimum Gasteiger partial charge on any atom is -0.489 e. The lowest BCUT2D eigenvalue weighted by Crippen LogP contribution is -2.30. The summed E-state index contributed by atoms with van der Waals surface area (Å²) in [5.74, 6) is 0.731. The molecule has 3 aromatic rings. The van der Waals surface area contributed by atoms with Gasteiger partial charge in [0.2, 0.25) is 0 Å². The van der Waals surface area contributed by atoms with Gasteiger partial charge in [0.15, 0.2) is 0 Å². The molecule has 3 rings (SSSR count). The van der Waals surface area contributed by atoms with E-state index in [1.54, 1.807) is 30.7 Å². The molecule has 2 aromatic heterocycles. The van der Waals surface area contributed by atoms with Crippen molar-refractivity contribution in [3.05, 3.63) is 84.4 Å². The summed E-state index contributed by atoms with van der Waals surface area (Å²) in [6.45, 7) is 0.976. The summed E-state index contributed by atoms with van der Waals surface area (Å²) in [7, 11) is 0. The molecule has 0 bridgehead atoms. The van der Waals surface area contributed by atoms with Crippen molar-refractivity contribution < 1.29 is 9.53 Å². The minimum absolute atomic E-state index is 0.245. The number of carbonyl (C=O) groups excluding carboxylic acids is 1. The molecule has 2 N–H and O–H groups in total. The average Bonchev–Trinajstić information content (AvgIpc) is 2.69. The summed E-state index contributed by atoms with van der Waals surface area (Å²) >= 11 is 0. The third-order valence-electron chi connectivity index (χ3n) is 3.63. The molecule has 0 saturated heterocycles. The van der Waals surface area contributed by atoms with Gasteiger partial charge in [-0.25, -0.2) is 4.79 Å². The number of ether oxygens (including phenoxy) is 1. The lowest BCUT2D eigenvalue weighted by Gasteiger charge is -2.09. The van der Waals surface area contributed by atoms with Crippen molar-refractivity contribution >= 4 is 11.7 Å². The van der Waals surface area contributed by atoms with Crippen LogP contribution in [-0.4, -0.2) is 22.5 Å². The fraction of sp³-hybridized carbons (Fsp3) is 0.150. The fourth-order valence-corrected chi connectivity index (χ4v) is 2.31. The Morgan fingerprint density at radius 3 is 2.62 bits per heavy atom. The van der Waals surface area contributed by atoms with Gasteiger partial charge < -0.3 is 15.4 Å². The summed E-state index contributed by atoms with van der Waals surface area (Å²) in [5, 5.41) is 5.61. The first kappa shape index (κ1) is 17.4. The van der Waals surface area contributed by atoms with E-state index in [9.17, 15) is 4.79 Å². The molecule has 132 valence electrons. The minimum atomic E-state index is -0.245. The highest BCUT2D eigenvalue weighted by Gasteiger charge is 2.02. The summed E-state index contributed by atoms with van der Waals surface area (Å²) in [6, 6.07) is 16.6. The van der Waals surface area contributed by atoms with Crippen molar-refractivity contribution in [2.75, 3.05) is 11.9 Å². The number of hydrogen-bond donors (Lipinski definition) is 2. The van der Waals surface area contributed by atoms with E-state index < -0.39 is 0 Å². The summed E-state index contributed by atoms with van der Waals surface area (Å²) in [6.07, 6.45) is 5.93. The van der Waals surface area contributed by atoms with E-state index in [4.69, 9.17) is 4.74 Å². The van der Waals surface area contributed by atoms with Crippen LogP contribution < -0.4 is 15.4 Å². The lowest BCUT2D eigenvalue weighted by atomic mass is 10.3. The molecule has 0 saturated carbocycles. The molecule has 0 atom stereocenters. The molecular formula is C20H20N4O2. The third kappa shape index (κ3) is 5.59. The first-order chi connectivity index (χ1) is 12.8. The number of anilines is 1. The molecule has 0 radical (unpaired) electrons. The number of pyridine rings is 2. The molecule has 6 nitrogen and oxygen atoms in total. The number of amides is 2. The maximum absolute atomic E-state index is 11.9. The first-order valence-electron chi connectivity index (χ1n) is 8.36. The monoisotopic (exact) mass is 348 g/mol. The first-order valence-corrected chi connectivity index (χ1v) is 8.36. The summed E-state index contributed by atoms with van der Waals surface area (Å²) < 4.78 is 5.69. The molecule has 0 fully saturated rings. The Kier molecular flexibility index (Phi) is 6.14. The number of rotatable bonds is 7. The zero-order chi connectivity index (χ0) is 18.0. The molecule has 6 heteroatoms. The van der Waals surface area contributed by atoms with Crippen LogP contribution in [0.5, 0.6) is 5.75 Å². The van der Waals surface area contributed by atoms with Crippen LogP contribution in [0.25, 0.3) is 0 Å². The average molecular weight is 348 g/mol. The Labute approximate surface area is 152 Å². The second-order valence-corrected chi connectivity index (χ2v) is 5.63. The van der Waals surface area contributed by atoms with Gasteiger partial charge >= 0.3 is 6.03 Å². The molecule has 1 aromatic carbocycles. The number of carbonyl (C=O) groups is 1. The van der Waals surface area contributed by atoms with Gasteiger partial charge in [-0.3, -0.25) is 9.97 Å². The van der Waals surface area contributed by atoms with Crippen LogP contribution in [0.3, 0.4) is 0 Å². The third-order valence-corrected chi connectivity index (χ3v) is 3.63. The van der Waals surface area contributed by atoms with E-state index in [-0.39, 0.29) is 6.03 Å². The Bertz CT molecular complexity index is 808. The van der Waals surface area contributed by atoms with E-state index in [1.807, 2.05) is 42.5 Å². The molecule has 0 spiro atoms. The van der Waals surface area contributed by atoms with Gasteiger partial charge in [-0.2, -0.15) is 0 Å². The van der Waals surface area contributed by atoms with Crippen molar-refractivity contribution in [3.8, 4) is 5.75 Å². The van der Waals surface area contributed by atoms with Crippen LogP contribution in [0.1, 0.15) is 11.3 Å². The SMILES string of the molecule is O=C(NCCc1ccccn1)Nc1ccc(OCc2cccnc2)cc1. The molecule has 2 heterocycles. The summed E-state index contributed by atoms with van der Waals surface area (Å²) in [5.41, 5.74) is 2.65. The Balaban J connectivity index is 1.41. The van der Waals surface area contributed by atoms with Crippen LogP contribution in [0.4, 0.5) is 10.5 Å². The van der Waals surface area contributed by atoms with Crippen LogP contribution in [-0.2, 0) is 13.0 Å². The Morgan fingerprint density at radius 2 is 1.88 bits per heavy atom. The molecule has 2 amide bonds. The molecule has 0 aliphatic heterocycles. The van der Waals surface area contributed by atoms with E-state index >= 15 is 0 Å². The number of benzene rings is 1. The maximum Gasteiger partial charge on any atom is 0.319 e. The molecule has 0 aliphatic carbocycles. The Morgan fingerprint density at radius 1 is 1.00 bits per heavy atom. The second-order valence-electron chi connectivity index (χ2n) is 5.63. The number of aromatic nitrogens is 2. The molecule has 0 aliphatic rings. The van der Waals surface area contributed by atoms with E-state index in [0.717, 1.165) is 17.0 Å². The smallest absolute Gasteiger partial charge is 0.319 e. The topological polar surface area (TPSA) is 76.1 Å². The molecule has 26 heavy (non-hydrogen) atoms. The number of hydrogen-bond acceptors (Lipinski definition) is 4. The van der Waals surface area contributed by atoms with Crippen LogP contribution in [0.15, 0.2) is 73.2 Å². The van der Waals surface area contributed by atoms with Crippen molar-refractivity contribution in [2.24, 2.45) is 0 Å². The highest BCUT2D eigenvalue weighted by molar-refractivity contribution is 5.89. The van der Waals surface area contributed by atoms with Gasteiger partial charge in [-0.15, -0.1) is 0 Å². The van der Waals surface area contributed by atoms with Gasteiger partial charge in [-0.1, -0.05) is 12.1 Å². The quantitative estimate of drug-likeness (QED) is 0.686. The Hall–Kier alpha value is -3.41. The maximum atomic E-state index is 11.9.